The molecule has 0 spiro atoms. The molecule has 0 amide bonds. The zero-order valence-electron chi connectivity index (χ0n) is 14.7. The van der Waals surface area contributed by atoms with Crippen molar-refractivity contribution in [3.05, 3.63) is 29.7 Å². The normalized spacial score (nSPS) is 12.1. The van der Waals surface area contributed by atoms with Gasteiger partial charge in [-0.2, -0.15) is 17.9 Å². The van der Waals surface area contributed by atoms with Crippen molar-refractivity contribution in [3.8, 4) is 5.69 Å². The summed E-state index contributed by atoms with van der Waals surface area (Å²) in [5.74, 6) is 0.518. The maximum atomic E-state index is 11.8. The Labute approximate surface area is 172 Å². The fourth-order valence-electron chi connectivity index (χ4n) is 2.25. The van der Waals surface area contributed by atoms with E-state index in [1.807, 2.05) is 0 Å². The molecular weight excluding hydrogens is 446 g/mol. The van der Waals surface area contributed by atoms with Crippen LogP contribution in [0.5, 0.6) is 0 Å². The third-order valence-corrected chi connectivity index (χ3v) is 5.58. The molecule has 0 aliphatic rings. The first-order valence-electron chi connectivity index (χ1n) is 7.54. The fourth-order valence-corrected chi connectivity index (χ4v) is 3.80. The van der Waals surface area contributed by atoms with Crippen LogP contribution in [0.15, 0.2) is 38.2 Å². The van der Waals surface area contributed by atoms with Crippen LogP contribution >= 0.6 is 23.6 Å². The van der Waals surface area contributed by atoms with Gasteiger partial charge in [-0.15, -0.1) is 14.6 Å². The summed E-state index contributed by atoms with van der Waals surface area (Å²) in [6, 6.07) is 3.75. The minimum Gasteiger partial charge on any atom is -0.382 e. The molecule has 0 saturated carbocycles. The number of nitrogens with two attached hydrogens (primary N) is 1. The predicted octanol–water partition coefficient (Wildman–Crippen LogP) is 3.01. The van der Waals surface area contributed by atoms with Gasteiger partial charge < -0.3 is 5.73 Å². The Hall–Kier alpha value is -2.47. The van der Waals surface area contributed by atoms with E-state index in [1.54, 1.807) is 13.8 Å². The largest absolute Gasteiger partial charge is 0.382 e. The van der Waals surface area contributed by atoms with Crippen LogP contribution in [-0.4, -0.2) is 37.4 Å². The van der Waals surface area contributed by atoms with E-state index in [4.69, 9.17) is 11.0 Å². The van der Waals surface area contributed by atoms with Crippen LogP contribution in [0, 0.1) is 13.8 Å². The van der Waals surface area contributed by atoms with Gasteiger partial charge in [0.1, 0.15) is 10.7 Å². The van der Waals surface area contributed by atoms with Gasteiger partial charge in [0.2, 0.25) is 5.13 Å². The van der Waals surface area contributed by atoms with Gasteiger partial charge in [-0.25, -0.2) is 14.9 Å². The highest BCUT2D eigenvalue weighted by molar-refractivity contribution is 7.94. The SMILES string of the molecule is Cc1nsc(N=Nc2c(C)nn(-c3cc(SOOO)ccc3S(=O)(=O)O)c2N)n1. The monoisotopic (exact) mass is 459 g/mol. The molecular formula is C13H13N7O6S3. The van der Waals surface area contributed by atoms with Crippen LogP contribution in [0.3, 0.4) is 0 Å². The van der Waals surface area contributed by atoms with E-state index < -0.39 is 15.0 Å². The Kier molecular flexibility index (Phi) is 6.22. The first-order chi connectivity index (χ1) is 13.7. The first-order valence-corrected chi connectivity index (χ1v) is 10.5. The van der Waals surface area contributed by atoms with Crippen molar-refractivity contribution in [3.63, 3.8) is 0 Å². The summed E-state index contributed by atoms with van der Waals surface area (Å²) in [6.45, 7) is 3.31. The summed E-state index contributed by atoms with van der Waals surface area (Å²) in [5.41, 5.74) is 6.56. The number of anilines is 1. The fraction of sp³-hybridized carbons (Fsp3) is 0.154. The Bertz CT molecular complexity index is 1170. The van der Waals surface area contributed by atoms with Crippen LogP contribution < -0.4 is 5.73 Å². The molecule has 0 fully saturated rings. The molecule has 0 aliphatic carbocycles. The van der Waals surface area contributed by atoms with Crippen molar-refractivity contribution in [1.82, 2.24) is 19.1 Å². The molecule has 1 aromatic carbocycles. The summed E-state index contributed by atoms with van der Waals surface area (Å²) in [6.07, 6.45) is 0. The minimum atomic E-state index is -4.61. The van der Waals surface area contributed by atoms with E-state index in [-0.39, 0.29) is 17.2 Å². The zero-order valence-corrected chi connectivity index (χ0v) is 17.2. The lowest BCUT2D eigenvalue weighted by Crippen LogP contribution is -2.09. The zero-order chi connectivity index (χ0) is 21.2. The standard InChI is InChI=1S/C13H13N7O6S3/c1-6-11(16-17-13-15-7(2)19-27-13)12(14)20(18-6)9-5-8(28-26-25-21)3-4-10(9)29(22,23)24/h3-5,21H,14H2,1-2H3,(H,22,23,24). The van der Waals surface area contributed by atoms with Crippen molar-refractivity contribution < 1.29 is 27.6 Å². The minimum absolute atomic E-state index is 0.0288. The molecule has 3 rings (SSSR count). The van der Waals surface area contributed by atoms with Gasteiger partial charge in [0, 0.05) is 16.4 Å². The molecule has 0 saturated heterocycles. The van der Waals surface area contributed by atoms with Gasteiger partial charge in [-0.3, -0.25) is 4.55 Å². The van der Waals surface area contributed by atoms with E-state index >= 15 is 0 Å². The Morgan fingerprint density at radius 3 is 2.69 bits per heavy atom. The number of aromatic nitrogens is 4. The molecule has 29 heavy (non-hydrogen) atoms. The van der Waals surface area contributed by atoms with Crippen LogP contribution in [0.4, 0.5) is 16.6 Å². The highest BCUT2D eigenvalue weighted by Gasteiger charge is 2.22. The molecule has 0 aliphatic heterocycles. The van der Waals surface area contributed by atoms with Gasteiger partial charge in [-0.05, 0) is 32.0 Å². The average Bonchev–Trinajstić information content (AvgIpc) is 3.20. The highest BCUT2D eigenvalue weighted by Crippen LogP contribution is 2.34. The summed E-state index contributed by atoms with van der Waals surface area (Å²) >= 11 is 1.64. The number of rotatable bonds is 7. The van der Waals surface area contributed by atoms with Gasteiger partial charge in [-0.1, -0.05) is 5.04 Å². The lowest BCUT2D eigenvalue weighted by molar-refractivity contribution is -0.432. The number of aryl methyl sites for hydroxylation is 2. The summed E-state index contributed by atoms with van der Waals surface area (Å²) in [4.78, 5) is 3.92. The number of hydrogen-bond donors (Lipinski definition) is 3. The van der Waals surface area contributed by atoms with E-state index in [9.17, 15) is 13.0 Å². The van der Waals surface area contributed by atoms with Crippen LogP contribution in [-0.2, 0) is 19.5 Å². The number of hydrogen-bond acceptors (Lipinski definition) is 13. The highest BCUT2D eigenvalue weighted by atomic mass is 32.2. The molecule has 0 atom stereocenters. The summed E-state index contributed by atoms with van der Waals surface area (Å²) < 4.78 is 42.5. The molecule has 0 unspecified atom stereocenters. The van der Waals surface area contributed by atoms with E-state index in [0.29, 0.717) is 33.6 Å². The van der Waals surface area contributed by atoms with Crippen molar-refractivity contribution in [2.75, 3.05) is 5.73 Å². The van der Waals surface area contributed by atoms with Gasteiger partial charge in [0.15, 0.2) is 11.5 Å². The van der Waals surface area contributed by atoms with Crippen LogP contribution in [0.2, 0.25) is 0 Å². The topological polar surface area (TPSA) is 187 Å². The van der Waals surface area contributed by atoms with E-state index in [0.717, 1.165) is 22.3 Å². The number of nitrogen functional groups attached to an aromatic ring is 1. The van der Waals surface area contributed by atoms with Crippen LogP contribution in [0.1, 0.15) is 11.5 Å². The van der Waals surface area contributed by atoms with E-state index in [2.05, 4.69) is 34.1 Å². The van der Waals surface area contributed by atoms with E-state index in [1.165, 1.54) is 12.1 Å². The molecule has 13 nitrogen and oxygen atoms in total. The molecule has 3 aromatic rings. The molecule has 0 bridgehead atoms. The Morgan fingerprint density at radius 1 is 1.31 bits per heavy atom. The maximum Gasteiger partial charge on any atom is 0.296 e. The number of nitrogens with zero attached hydrogens (tertiary/aromatic N) is 6. The third kappa shape index (κ3) is 4.75. The quantitative estimate of drug-likeness (QED) is 0.155. The summed E-state index contributed by atoms with van der Waals surface area (Å²) in [7, 11) is -4.61. The van der Waals surface area contributed by atoms with Crippen LogP contribution in [0.25, 0.3) is 5.69 Å². The maximum absolute atomic E-state index is 11.8. The Balaban J connectivity index is 2.09. The van der Waals surface area contributed by atoms with Gasteiger partial charge in [0.25, 0.3) is 10.1 Å². The molecule has 0 radical (unpaired) electrons. The summed E-state index contributed by atoms with van der Waals surface area (Å²) in [5, 5.41) is 24.3. The lowest BCUT2D eigenvalue weighted by Gasteiger charge is -2.10. The molecule has 16 heteroatoms. The smallest absolute Gasteiger partial charge is 0.296 e. The predicted molar refractivity (Wildman–Crippen MR) is 102 cm³/mol. The Morgan fingerprint density at radius 2 is 2.07 bits per heavy atom. The van der Waals surface area contributed by atoms with Crippen molar-refractivity contribution in [2.24, 2.45) is 10.2 Å². The number of azo groups is 1. The van der Waals surface area contributed by atoms with Gasteiger partial charge >= 0.3 is 0 Å². The molecule has 154 valence electrons. The second-order valence-corrected chi connectivity index (χ2v) is 8.28. The molecule has 2 aromatic heterocycles. The van der Waals surface area contributed by atoms with Crippen molar-refractivity contribution >= 4 is 50.3 Å². The molecule has 2 heterocycles. The van der Waals surface area contributed by atoms with Crippen molar-refractivity contribution in [1.29, 1.82) is 0 Å². The lowest BCUT2D eigenvalue weighted by atomic mass is 10.3. The third-order valence-electron chi connectivity index (χ3n) is 3.41. The second-order valence-electron chi connectivity index (χ2n) is 5.39. The molecule has 4 N–H and O–H groups in total. The van der Waals surface area contributed by atoms with Crippen molar-refractivity contribution in [2.45, 2.75) is 23.6 Å². The average molecular weight is 459 g/mol. The second kappa shape index (κ2) is 8.49. The first kappa shape index (κ1) is 21.2. The van der Waals surface area contributed by atoms with Gasteiger partial charge in [0.05, 0.1) is 23.4 Å². The number of benzene rings is 1.